The van der Waals surface area contributed by atoms with E-state index in [2.05, 4.69) is 36.6 Å². The van der Waals surface area contributed by atoms with Crippen LogP contribution in [-0.4, -0.2) is 23.9 Å². The maximum atomic E-state index is 12.6. The molecule has 0 aromatic heterocycles. The van der Waals surface area contributed by atoms with Crippen molar-refractivity contribution in [2.24, 2.45) is 5.92 Å². The zero-order valence-corrected chi connectivity index (χ0v) is 16.8. The third-order valence-corrected chi connectivity index (χ3v) is 4.89. The molecule has 1 atom stereocenters. The number of carbonyl (C=O) groups is 2. The normalized spacial score (nSPS) is 14.5. The summed E-state index contributed by atoms with van der Waals surface area (Å²) in [5.41, 5.74) is 3.28. The molecule has 3 rings (SSSR count). The fourth-order valence-electron chi connectivity index (χ4n) is 3.28. The quantitative estimate of drug-likeness (QED) is 0.702. The third-order valence-electron chi connectivity index (χ3n) is 4.89. The van der Waals surface area contributed by atoms with Crippen molar-refractivity contribution in [1.82, 2.24) is 10.6 Å². The fourth-order valence-corrected chi connectivity index (χ4v) is 3.28. The number of hydrogen-bond acceptors (Lipinski definition) is 2. The van der Waals surface area contributed by atoms with Crippen LogP contribution in [-0.2, 0) is 28.9 Å². The van der Waals surface area contributed by atoms with Crippen molar-refractivity contribution in [3.8, 4) is 0 Å². The molecule has 0 saturated heterocycles. The lowest BCUT2D eigenvalue weighted by Crippen LogP contribution is -2.49. The second-order valence-electron chi connectivity index (χ2n) is 8.18. The molecule has 2 amide bonds. The van der Waals surface area contributed by atoms with Gasteiger partial charge in [0.2, 0.25) is 11.8 Å². The maximum Gasteiger partial charge on any atom is 0.243 e. The van der Waals surface area contributed by atoms with Crippen molar-refractivity contribution in [2.75, 3.05) is 0 Å². The average Bonchev–Trinajstić information content (AvgIpc) is 3.47. The Labute approximate surface area is 167 Å². The SMILES string of the molecule is CC(C)Cc1ccc(CC(=O)NC(Cc2ccccc2)C(=O)NC2CC2)cc1. The minimum Gasteiger partial charge on any atom is -0.352 e. The van der Waals surface area contributed by atoms with Crippen LogP contribution in [0, 0.1) is 5.92 Å². The Kier molecular flexibility index (Phi) is 6.85. The van der Waals surface area contributed by atoms with E-state index < -0.39 is 6.04 Å². The van der Waals surface area contributed by atoms with Gasteiger partial charge >= 0.3 is 0 Å². The standard InChI is InChI=1S/C24H30N2O2/c1-17(2)14-19-8-10-20(11-9-19)16-23(27)26-22(24(28)25-21-12-13-21)15-18-6-4-3-5-7-18/h3-11,17,21-22H,12-16H2,1-2H3,(H,25,28)(H,26,27). The summed E-state index contributed by atoms with van der Waals surface area (Å²) in [4.78, 5) is 25.2. The number of nitrogens with one attached hydrogen (secondary N) is 2. The number of hydrogen-bond donors (Lipinski definition) is 2. The highest BCUT2D eigenvalue weighted by atomic mass is 16.2. The molecule has 0 bridgehead atoms. The van der Waals surface area contributed by atoms with Crippen LogP contribution in [0.5, 0.6) is 0 Å². The smallest absolute Gasteiger partial charge is 0.243 e. The van der Waals surface area contributed by atoms with Gasteiger partial charge in [-0.2, -0.15) is 0 Å². The largest absolute Gasteiger partial charge is 0.352 e. The molecular formula is C24H30N2O2. The topological polar surface area (TPSA) is 58.2 Å². The van der Waals surface area contributed by atoms with E-state index in [0.717, 1.165) is 30.4 Å². The second-order valence-corrected chi connectivity index (χ2v) is 8.18. The lowest BCUT2D eigenvalue weighted by molar-refractivity contribution is -0.128. The molecule has 4 nitrogen and oxygen atoms in total. The zero-order valence-electron chi connectivity index (χ0n) is 16.8. The van der Waals surface area contributed by atoms with Crippen LogP contribution in [0.4, 0.5) is 0 Å². The molecule has 0 spiro atoms. The van der Waals surface area contributed by atoms with Crippen LogP contribution in [0.3, 0.4) is 0 Å². The molecule has 1 fully saturated rings. The zero-order chi connectivity index (χ0) is 19.9. The molecule has 1 aliphatic carbocycles. The summed E-state index contributed by atoms with van der Waals surface area (Å²) in [7, 11) is 0. The maximum absolute atomic E-state index is 12.6. The van der Waals surface area contributed by atoms with Crippen molar-refractivity contribution in [2.45, 2.75) is 58.0 Å². The summed E-state index contributed by atoms with van der Waals surface area (Å²) >= 11 is 0. The summed E-state index contributed by atoms with van der Waals surface area (Å²) in [6, 6.07) is 17.7. The Morgan fingerprint density at radius 1 is 0.893 bits per heavy atom. The first-order chi connectivity index (χ1) is 13.5. The van der Waals surface area contributed by atoms with Gasteiger partial charge in [-0.1, -0.05) is 68.4 Å². The minimum atomic E-state index is -0.546. The van der Waals surface area contributed by atoms with E-state index in [-0.39, 0.29) is 24.3 Å². The molecule has 0 heterocycles. The van der Waals surface area contributed by atoms with E-state index in [1.807, 2.05) is 42.5 Å². The lowest BCUT2D eigenvalue weighted by atomic mass is 10.0. The Balaban J connectivity index is 1.60. The number of benzene rings is 2. The predicted molar refractivity (Wildman–Crippen MR) is 112 cm³/mol. The molecule has 0 aliphatic heterocycles. The van der Waals surface area contributed by atoms with Gasteiger partial charge in [-0.3, -0.25) is 9.59 Å². The predicted octanol–water partition coefficient (Wildman–Crippen LogP) is 3.43. The highest BCUT2D eigenvalue weighted by Gasteiger charge is 2.28. The van der Waals surface area contributed by atoms with E-state index in [1.165, 1.54) is 5.56 Å². The van der Waals surface area contributed by atoms with E-state index in [1.54, 1.807) is 0 Å². The third kappa shape index (κ3) is 6.52. The number of carbonyl (C=O) groups excluding carboxylic acids is 2. The Bertz CT molecular complexity index is 780. The van der Waals surface area contributed by atoms with Crippen molar-refractivity contribution < 1.29 is 9.59 Å². The average molecular weight is 379 g/mol. The van der Waals surface area contributed by atoms with Crippen LogP contribution in [0.25, 0.3) is 0 Å². The van der Waals surface area contributed by atoms with Crippen molar-refractivity contribution >= 4 is 11.8 Å². The summed E-state index contributed by atoms with van der Waals surface area (Å²) in [5, 5.41) is 5.96. The van der Waals surface area contributed by atoms with Crippen LogP contribution >= 0.6 is 0 Å². The van der Waals surface area contributed by atoms with Gasteiger partial charge in [0, 0.05) is 12.5 Å². The molecule has 2 aromatic rings. The highest BCUT2D eigenvalue weighted by molar-refractivity contribution is 5.89. The van der Waals surface area contributed by atoms with Gasteiger partial charge < -0.3 is 10.6 Å². The van der Waals surface area contributed by atoms with Crippen LogP contribution in [0.1, 0.15) is 43.4 Å². The summed E-state index contributed by atoms with van der Waals surface area (Å²) in [6.45, 7) is 4.39. The summed E-state index contributed by atoms with van der Waals surface area (Å²) < 4.78 is 0. The van der Waals surface area contributed by atoms with Gasteiger partial charge in [0.25, 0.3) is 0 Å². The van der Waals surface area contributed by atoms with E-state index in [0.29, 0.717) is 12.3 Å². The molecule has 2 aromatic carbocycles. The summed E-state index contributed by atoms with van der Waals surface area (Å²) in [5.74, 6) is 0.397. The van der Waals surface area contributed by atoms with E-state index >= 15 is 0 Å². The van der Waals surface area contributed by atoms with Crippen molar-refractivity contribution in [1.29, 1.82) is 0 Å². The molecule has 0 radical (unpaired) electrons. The van der Waals surface area contributed by atoms with Gasteiger partial charge in [0.15, 0.2) is 0 Å². The van der Waals surface area contributed by atoms with Crippen molar-refractivity contribution in [3.63, 3.8) is 0 Å². The molecule has 148 valence electrons. The Hall–Kier alpha value is -2.62. The van der Waals surface area contributed by atoms with Crippen LogP contribution in [0.2, 0.25) is 0 Å². The summed E-state index contributed by atoms with van der Waals surface area (Å²) in [6.07, 6.45) is 3.87. The Morgan fingerprint density at radius 3 is 2.11 bits per heavy atom. The lowest BCUT2D eigenvalue weighted by Gasteiger charge is -2.19. The van der Waals surface area contributed by atoms with Gasteiger partial charge in [-0.25, -0.2) is 0 Å². The highest BCUT2D eigenvalue weighted by Crippen LogP contribution is 2.19. The first kappa shape index (κ1) is 20.1. The van der Waals surface area contributed by atoms with Gasteiger partial charge in [0.05, 0.1) is 6.42 Å². The number of rotatable bonds is 9. The molecule has 4 heteroatoms. The van der Waals surface area contributed by atoms with E-state index in [4.69, 9.17) is 0 Å². The van der Waals surface area contributed by atoms with Gasteiger partial charge in [-0.15, -0.1) is 0 Å². The second kappa shape index (κ2) is 9.54. The molecule has 1 saturated carbocycles. The van der Waals surface area contributed by atoms with E-state index in [9.17, 15) is 9.59 Å². The number of amides is 2. The van der Waals surface area contributed by atoms with Crippen LogP contribution < -0.4 is 10.6 Å². The Morgan fingerprint density at radius 2 is 1.50 bits per heavy atom. The molecule has 28 heavy (non-hydrogen) atoms. The molecule has 1 unspecified atom stereocenters. The van der Waals surface area contributed by atoms with Gasteiger partial charge in [0.1, 0.15) is 6.04 Å². The van der Waals surface area contributed by atoms with Crippen molar-refractivity contribution in [3.05, 3.63) is 71.3 Å². The minimum absolute atomic E-state index is 0.0908. The fraction of sp³-hybridized carbons (Fsp3) is 0.417. The monoisotopic (exact) mass is 378 g/mol. The first-order valence-corrected chi connectivity index (χ1v) is 10.2. The van der Waals surface area contributed by atoms with Gasteiger partial charge in [-0.05, 0) is 41.9 Å². The molecule has 2 N–H and O–H groups in total. The molecular weight excluding hydrogens is 348 g/mol. The van der Waals surface area contributed by atoms with Crippen LogP contribution in [0.15, 0.2) is 54.6 Å². The first-order valence-electron chi connectivity index (χ1n) is 10.2. The molecule has 1 aliphatic rings.